The first-order valence-electron chi connectivity index (χ1n) is 4.94. The van der Waals surface area contributed by atoms with Gasteiger partial charge in [0.05, 0.1) is 18.7 Å². The number of hydrogen-bond donors (Lipinski definition) is 0. The number of carbonyl (C=O) groups excluding carboxylic acids is 1. The second kappa shape index (κ2) is 5.96. The largest absolute Gasteiger partial charge is 0.466 e. The fourth-order valence-corrected chi connectivity index (χ4v) is 1.29. The Morgan fingerprint density at radius 3 is 2.53 bits per heavy atom. The van der Waals surface area contributed by atoms with E-state index in [2.05, 4.69) is 4.99 Å². The molecule has 0 aliphatic heterocycles. The lowest BCUT2D eigenvalue weighted by Crippen LogP contribution is -2.12. The standard InChI is InChI=1S/C12H15NO2/c1-3-15-12(14)9-11(13-2)10-7-5-4-6-8-10/h4-8H,3,9H2,1-2H3. The zero-order chi connectivity index (χ0) is 11.1. The second-order valence-corrected chi connectivity index (χ2v) is 3.02. The highest BCUT2D eigenvalue weighted by atomic mass is 16.5. The van der Waals surface area contributed by atoms with Gasteiger partial charge >= 0.3 is 5.97 Å². The highest BCUT2D eigenvalue weighted by molar-refractivity contribution is 6.09. The third-order valence-electron chi connectivity index (χ3n) is 1.99. The van der Waals surface area contributed by atoms with Crippen LogP contribution < -0.4 is 0 Å². The van der Waals surface area contributed by atoms with Crippen LogP contribution in [0, 0.1) is 0 Å². The Labute approximate surface area is 89.8 Å². The van der Waals surface area contributed by atoms with Crippen LogP contribution in [0.4, 0.5) is 0 Å². The summed E-state index contributed by atoms with van der Waals surface area (Å²) in [4.78, 5) is 15.4. The number of nitrogens with zero attached hydrogens (tertiary/aromatic N) is 1. The fourth-order valence-electron chi connectivity index (χ4n) is 1.29. The Balaban J connectivity index is 2.70. The first kappa shape index (κ1) is 11.4. The third-order valence-corrected chi connectivity index (χ3v) is 1.99. The first-order valence-corrected chi connectivity index (χ1v) is 4.94. The molecule has 0 saturated carbocycles. The van der Waals surface area contributed by atoms with Gasteiger partial charge in [0.25, 0.3) is 0 Å². The Morgan fingerprint density at radius 2 is 2.00 bits per heavy atom. The maximum absolute atomic E-state index is 11.3. The van der Waals surface area contributed by atoms with Crippen molar-refractivity contribution in [2.75, 3.05) is 13.7 Å². The van der Waals surface area contributed by atoms with Crippen LogP contribution in [0.2, 0.25) is 0 Å². The van der Waals surface area contributed by atoms with Crippen LogP contribution in [-0.2, 0) is 9.53 Å². The number of carbonyl (C=O) groups is 1. The number of rotatable bonds is 4. The van der Waals surface area contributed by atoms with Crippen molar-refractivity contribution in [1.82, 2.24) is 0 Å². The van der Waals surface area contributed by atoms with Gasteiger partial charge in [0.15, 0.2) is 0 Å². The fraction of sp³-hybridized carbons (Fsp3) is 0.333. The lowest BCUT2D eigenvalue weighted by atomic mass is 10.1. The molecule has 0 aromatic heterocycles. The molecule has 80 valence electrons. The molecule has 1 aromatic rings. The van der Waals surface area contributed by atoms with Gasteiger partial charge in [-0.15, -0.1) is 0 Å². The second-order valence-electron chi connectivity index (χ2n) is 3.02. The molecular formula is C12H15NO2. The van der Waals surface area contributed by atoms with E-state index < -0.39 is 0 Å². The van der Waals surface area contributed by atoms with Crippen molar-refractivity contribution in [3.8, 4) is 0 Å². The van der Waals surface area contributed by atoms with E-state index in [1.165, 1.54) is 0 Å². The summed E-state index contributed by atoms with van der Waals surface area (Å²) in [6.45, 7) is 2.20. The lowest BCUT2D eigenvalue weighted by Gasteiger charge is -2.05. The first-order chi connectivity index (χ1) is 7.27. The monoisotopic (exact) mass is 205 g/mol. The molecule has 0 aliphatic carbocycles. The molecule has 0 spiro atoms. The predicted molar refractivity (Wildman–Crippen MR) is 60.2 cm³/mol. The van der Waals surface area contributed by atoms with Crippen molar-refractivity contribution in [1.29, 1.82) is 0 Å². The normalized spacial score (nSPS) is 11.2. The zero-order valence-electron chi connectivity index (χ0n) is 9.06. The summed E-state index contributed by atoms with van der Waals surface area (Å²) in [6, 6.07) is 9.64. The molecule has 0 atom stereocenters. The van der Waals surface area contributed by atoms with E-state index in [9.17, 15) is 4.79 Å². The molecule has 0 saturated heterocycles. The van der Waals surface area contributed by atoms with Crippen molar-refractivity contribution < 1.29 is 9.53 Å². The molecule has 0 fully saturated rings. The Hall–Kier alpha value is -1.64. The van der Waals surface area contributed by atoms with Gasteiger partial charge < -0.3 is 4.74 Å². The smallest absolute Gasteiger partial charge is 0.311 e. The van der Waals surface area contributed by atoms with Gasteiger partial charge in [0.1, 0.15) is 0 Å². The minimum absolute atomic E-state index is 0.231. The molecule has 0 amide bonds. The van der Waals surface area contributed by atoms with Crippen LogP contribution >= 0.6 is 0 Å². The van der Waals surface area contributed by atoms with Crippen molar-refractivity contribution in [2.24, 2.45) is 4.99 Å². The van der Waals surface area contributed by atoms with Gasteiger partial charge in [-0.2, -0.15) is 0 Å². The minimum atomic E-state index is -0.234. The molecule has 15 heavy (non-hydrogen) atoms. The molecule has 0 N–H and O–H groups in total. The van der Waals surface area contributed by atoms with Gasteiger partial charge in [0.2, 0.25) is 0 Å². The summed E-state index contributed by atoms with van der Waals surface area (Å²) >= 11 is 0. The number of hydrogen-bond acceptors (Lipinski definition) is 3. The number of ether oxygens (including phenoxy) is 1. The van der Waals surface area contributed by atoms with Gasteiger partial charge in [0, 0.05) is 7.05 Å². The van der Waals surface area contributed by atoms with Gasteiger partial charge in [-0.25, -0.2) is 0 Å². The van der Waals surface area contributed by atoms with E-state index in [-0.39, 0.29) is 12.4 Å². The van der Waals surface area contributed by atoms with Crippen molar-refractivity contribution in [3.63, 3.8) is 0 Å². The van der Waals surface area contributed by atoms with Crippen molar-refractivity contribution in [3.05, 3.63) is 35.9 Å². The van der Waals surface area contributed by atoms with Gasteiger partial charge in [-0.05, 0) is 12.5 Å². The highest BCUT2D eigenvalue weighted by Crippen LogP contribution is 2.05. The Morgan fingerprint density at radius 1 is 1.33 bits per heavy atom. The molecule has 0 bridgehead atoms. The molecule has 1 rings (SSSR count). The highest BCUT2D eigenvalue weighted by Gasteiger charge is 2.09. The van der Waals surface area contributed by atoms with E-state index in [1.54, 1.807) is 14.0 Å². The molecule has 0 radical (unpaired) electrons. The average molecular weight is 205 g/mol. The minimum Gasteiger partial charge on any atom is -0.466 e. The van der Waals surface area contributed by atoms with E-state index in [4.69, 9.17) is 4.74 Å². The van der Waals surface area contributed by atoms with E-state index in [0.29, 0.717) is 6.61 Å². The quantitative estimate of drug-likeness (QED) is 0.557. The SMILES string of the molecule is CCOC(=O)CC(=NC)c1ccccc1. The molecule has 3 heteroatoms. The van der Waals surface area contributed by atoms with E-state index in [0.717, 1.165) is 11.3 Å². The summed E-state index contributed by atoms with van der Waals surface area (Å²) in [6.07, 6.45) is 0.231. The predicted octanol–water partition coefficient (Wildman–Crippen LogP) is 2.06. The summed E-state index contributed by atoms with van der Waals surface area (Å²) in [7, 11) is 1.68. The molecule has 1 aromatic carbocycles. The number of aliphatic imine (C=N–C) groups is 1. The Kier molecular flexibility index (Phi) is 4.54. The van der Waals surface area contributed by atoms with Crippen molar-refractivity contribution in [2.45, 2.75) is 13.3 Å². The van der Waals surface area contributed by atoms with Crippen LogP contribution in [0.5, 0.6) is 0 Å². The average Bonchev–Trinajstić information content (AvgIpc) is 2.27. The van der Waals surface area contributed by atoms with Gasteiger partial charge in [-0.1, -0.05) is 30.3 Å². The van der Waals surface area contributed by atoms with Crippen LogP contribution in [0.15, 0.2) is 35.3 Å². The summed E-state index contributed by atoms with van der Waals surface area (Å²) in [5.41, 5.74) is 1.72. The Bertz CT molecular complexity index is 344. The third kappa shape index (κ3) is 3.54. The maximum Gasteiger partial charge on any atom is 0.311 e. The molecule has 0 unspecified atom stereocenters. The molecular weight excluding hydrogens is 190 g/mol. The van der Waals surface area contributed by atoms with E-state index in [1.807, 2.05) is 30.3 Å². The van der Waals surface area contributed by atoms with Crippen LogP contribution in [0.25, 0.3) is 0 Å². The van der Waals surface area contributed by atoms with E-state index >= 15 is 0 Å². The molecule has 0 aliphatic rings. The van der Waals surface area contributed by atoms with Crippen LogP contribution in [0.1, 0.15) is 18.9 Å². The maximum atomic E-state index is 11.3. The molecule has 0 heterocycles. The molecule has 3 nitrogen and oxygen atoms in total. The van der Waals surface area contributed by atoms with Crippen LogP contribution in [0.3, 0.4) is 0 Å². The topological polar surface area (TPSA) is 38.7 Å². The summed E-state index contributed by atoms with van der Waals surface area (Å²) < 4.78 is 4.88. The van der Waals surface area contributed by atoms with Crippen LogP contribution in [-0.4, -0.2) is 25.3 Å². The zero-order valence-corrected chi connectivity index (χ0v) is 9.06. The number of benzene rings is 1. The lowest BCUT2D eigenvalue weighted by molar-refractivity contribution is -0.141. The van der Waals surface area contributed by atoms with Gasteiger partial charge in [-0.3, -0.25) is 9.79 Å². The summed E-state index contributed by atoms with van der Waals surface area (Å²) in [5, 5.41) is 0. The summed E-state index contributed by atoms with van der Waals surface area (Å²) in [5.74, 6) is -0.234. The number of esters is 1. The van der Waals surface area contributed by atoms with Crippen molar-refractivity contribution >= 4 is 11.7 Å².